The van der Waals surface area contributed by atoms with Gasteiger partial charge in [-0.3, -0.25) is 9.69 Å². The van der Waals surface area contributed by atoms with Gasteiger partial charge in [-0.2, -0.15) is 0 Å². The third-order valence-electron chi connectivity index (χ3n) is 5.30. The molecular formula is C19H29N3O2. The van der Waals surface area contributed by atoms with Gasteiger partial charge in [0.15, 0.2) is 0 Å². The molecular weight excluding hydrogens is 302 g/mol. The topological polar surface area (TPSA) is 53.6 Å². The van der Waals surface area contributed by atoms with Crippen LogP contribution >= 0.6 is 0 Å². The summed E-state index contributed by atoms with van der Waals surface area (Å²) < 4.78 is 5.57. The fraction of sp³-hybridized carbons (Fsp3) is 0.632. The smallest absolute Gasteiger partial charge is 0.240 e. The lowest BCUT2D eigenvalue weighted by molar-refractivity contribution is -0.130. The Bertz CT molecular complexity index is 529. The lowest BCUT2D eigenvalue weighted by atomic mass is 9.99. The summed E-state index contributed by atoms with van der Waals surface area (Å²) in [5.74, 6) is 0.0803. The highest BCUT2D eigenvalue weighted by atomic mass is 16.5. The first-order chi connectivity index (χ1) is 11.6. The summed E-state index contributed by atoms with van der Waals surface area (Å²) >= 11 is 0. The van der Waals surface area contributed by atoms with Crippen LogP contribution in [0.4, 0.5) is 0 Å². The molecule has 132 valence electrons. The molecule has 0 radical (unpaired) electrons. The monoisotopic (exact) mass is 331 g/mol. The van der Waals surface area contributed by atoms with Gasteiger partial charge in [0.1, 0.15) is 6.04 Å². The molecule has 0 spiro atoms. The summed E-state index contributed by atoms with van der Waals surface area (Å²) in [5.41, 5.74) is 1.36. The van der Waals surface area contributed by atoms with Crippen molar-refractivity contribution in [3.05, 3.63) is 35.9 Å². The Labute approximate surface area is 144 Å². The first-order valence-corrected chi connectivity index (χ1v) is 9.09. The molecule has 2 saturated heterocycles. The van der Waals surface area contributed by atoms with Crippen molar-refractivity contribution in [1.82, 2.24) is 15.5 Å². The molecule has 0 aliphatic carbocycles. The van der Waals surface area contributed by atoms with Gasteiger partial charge >= 0.3 is 0 Å². The quantitative estimate of drug-likeness (QED) is 0.882. The lowest BCUT2D eigenvalue weighted by Crippen LogP contribution is -2.58. The van der Waals surface area contributed by atoms with Gasteiger partial charge in [-0.1, -0.05) is 30.3 Å². The van der Waals surface area contributed by atoms with Crippen LogP contribution in [0.2, 0.25) is 0 Å². The molecule has 0 saturated carbocycles. The number of ether oxygens (including phenoxy) is 1. The number of likely N-dealkylation sites (tertiary alicyclic amines) is 1. The number of nitrogens with zero attached hydrogens (tertiary/aromatic N) is 1. The van der Waals surface area contributed by atoms with Crippen molar-refractivity contribution in [3.8, 4) is 0 Å². The molecule has 2 aliphatic rings. The highest BCUT2D eigenvalue weighted by molar-refractivity contribution is 5.82. The number of rotatable bonds is 4. The molecule has 2 fully saturated rings. The minimum absolute atomic E-state index is 0.0584. The minimum atomic E-state index is -0.222. The van der Waals surface area contributed by atoms with E-state index >= 15 is 0 Å². The van der Waals surface area contributed by atoms with E-state index in [4.69, 9.17) is 4.74 Å². The number of morpholine rings is 1. The van der Waals surface area contributed by atoms with E-state index in [1.165, 1.54) is 5.56 Å². The van der Waals surface area contributed by atoms with Crippen LogP contribution in [0, 0.1) is 0 Å². The number of carbonyl (C=O) groups excluding carboxylic acids is 1. The molecule has 0 aromatic heterocycles. The summed E-state index contributed by atoms with van der Waals surface area (Å²) in [5, 5.41) is 6.47. The second kappa shape index (κ2) is 8.10. The van der Waals surface area contributed by atoms with E-state index in [2.05, 4.69) is 52.8 Å². The zero-order valence-electron chi connectivity index (χ0n) is 14.7. The number of benzene rings is 1. The minimum Gasteiger partial charge on any atom is -0.375 e. The highest BCUT2D eigenvalue weighted by Gasteiger charge is 2.31. The molecule has 0 bridgehead atoms. The molecule has 1 aromatic rings. The molecule has 3 atom stereocenters. The molecule has 1 aromatic carbocycles. The van der Waals surface area contributed by atoms with Crippen LogP contribution in [0.3, 0.4) is 0 Å². The second-order valence-corrected chi connectivity index (χ2v) is 6.91. The molecule has 5 nitrogen and oxygen atoms in total. The zero-order chi connectivity index (χ0) is 16.9. The maximum Gasteiger partial charge on any atom is 0.240 e. The molecule has 5 heteroatoms. The van der Waals surface area contributed by atoms with Crippen LogP contribution in [-0.2, 0) is 9.53 Å². The SMILES string of the molecule is CC(c1ccccc1)N1CCC(NC(=O)[C@H]2NCCO[C@@H]2C)CC1. The third kappa shape index (κ3) is 4.15. The number of carbonyl (C=O) groups is 1. The van der Waals surface area contributed by atoms with Crippen LogP contribution in [0.15, 0.2) is 30.3 Å². The molecule has 1 amide bonds. The average Bonchev–Trinajstić information content (AvgIpc) is 2.63. The Balaban J connectivity index is 1.47. The molecule has 24 heavy (non-hydrogen) atoms. The van der Waals surface area contributed by atoms with Gasteiger partial charge in [-0.05, 0) is 32.3 Å². The van der Waals surface area contributed by atoms with Crippen molar-refractivity contribution in [2.45, 2.75) is 50.9 Å². The summed E-state index contributed by atoms with van der Waals surface area (Å²) in [4.78, 5) is 14.9. The Hall–Kier alpha value is -1.43. The number of piperidine rings is 1. The molecule has 1 unspecified atom stereocenters. The first-order valence-electron chi connectivity index (χ1n) is 9.09. The van der Waals surface area contributed by atoms with Crippen LogP contribution < -0.4 is 10.6 Å². The lowest BCUT2D eigenvalue weighted by Gasteiger charge is -2.37. The van der Waals surface area contributed by atoms with Crippen LogP contribution in [-0.4, -0.2) is 55.2 Å². The first kappa shape index (κ1) is 17.4. The van der Waals surface area contributed by atoms with Crippen LogP contribution in [0.25, 0.3) is 0 Å². The molecule has 2 heterocycles. The third-order valence-corrected chi connectivity index (χ3v) is 5.30. The van der Waals surface area contributed by atoms with Gasteiger partial charge < -0.3 is 15.4 Å². The second-order valence-electron chi connectivity index (χ2n) is 6.91. The van der Waals surface area contributed by atoms with Gasteiger partial charge in [0.25, 0.3) is 0 Å². The highest BCUT2D eigenvalue weighted by Crippen LogP contribution is 2.24. The fourth-order valence-electron chi connectivity index (χ4n) is 3.69. The van der Waals surface area contributed by atoms with Crippen LogP contribution in [0.1, 0.15) is 38.3 Å². The van der Waals surface area contributed by atoms with Gasteiger partial charge in [-0.25, -0.2) is 0 Å². The van der Waals surface area contributed by atoms with E-state index in [0.717, 1.165) is 32.5 Å². The molecule has 3 rings (SSSR count). The van der Waals surface area contributed by atoms with Crippen molar-refractivity contribution in [2.24, 2.45) is 0 Å². The Morgan fingerprint density at radius 2 is 2.00 bits per heavy atom. The van der Waals surface area contributed by atoms with Crippen molar-refractivity contribution < 1.29 is 9.53 Å². The van der Waals surface area contributed by atoms with E-state index in [-0.39, 0.29) is 24.1 Å². The number of hydrogen-bond acceptors (Lipinski definition) is 4. The van der Waals surface area contributed by atoms with E-state index < -0.39 is 0 Å². The normalized spacial score (nSPS) is 27.6. The van der Waals surface area contributed by atoms with E-state index in [1.54, 1.807) is 0 Å². The Morgan fingerprint density at radius 1 is 1.29 bits per heavy atom. The maximum atomic E-state index is 12.4. The van der Waals surface area contributed by atoms with Crippen molar-refractivity contribution in [3.63, 3.8) is 0 Å². The summed E-state index contributed by atoms with van der Waals surface area (Å²) in [6.07, 6.45) is 1.95. The molecule has 2 aliphatic heterocycles. The summed E-state index contributed by atoms with van der Waals surface area (Å²) in [6, 6.07) is 11.1. The number of nitrogens with one attached hydrogen (secondary N) is 2. The van der Waals surface area contributed by atoms with Gasteiger partial charge in [0.2, 0.25) is 5.91 Å². The maximum absolute atomic E-state index is 12.4. The predicted octanol–water partition coefficient (Wildman–Crippen LogP) is 1.71. The van der Waals surface area contributed by atoms with Gasteiger partial charge in [-0.15, -0.1) is 0 Å². The largest absolute Gasteiger partial charge is 0.375 e. The van der Waals surface area contributed by atoms with E-state index in [9.17, 15) is 4.79 Å². The summed E-state index contributed by atoms with van der Waals surface area (Å²) in [7, 11) is 0. The van der Waals surface area contributed by atoms with Crippen molar-refractivity contribution in [2.75, 3.05) is 26.2 Å². The number of hydrogen-bond donors (Lipinski definition) is 2. The van der Waals surface area contributed by atoms with Gasteiger partial charge in [0.05, 0.1) is 12.7 Å². The van der Waals surface area contributed by atoms with E-state index in [0.29, 0.717) is 12.6 Å². The average molecular weight is 331 g/mol. The van der Waals surface area contributed by atoms with Crippen molar-refractivity contribution in [1.29, 1.82) is 0 Å². The van der Waals surface area contributed by atoms with Gasteiger partial charge in [0, 0.05) is 31.7 Å². The van der Waals surface area contributed by atoms with Crippen molar-refractivity contribution >= 4 is 5.91 Å². The van der Waals surface area contributed by atoms with Crippen LogP contribution in [0.5, 0.6) is 0 Å². The Morgan fingerprint density at radius 3 is 2.67 bits per heavy atom. The zero-order valence-corrected chi connectivity index (χ0v) is 14.7. The predicted molar refractivity (Wildman–Crippen MR) is 94.8 cm³/mol. The standard InChI is InChI=1S/C19H29N3O2/c1-14(16-6-4-3-5-7-16)22-11-8-17(9-12-22)21-19(23)18-15(2)24-13-10-20-18/h3-7,14-15,17-18,20H,8-13H2,1-2H3,(H,21,23)/t14?,15-,18+/m1/s1. The number of amides is 1. The molecule has 2 N–H and O–H groups in total. The fourth-order valence-corrected chi connectivity index (χ4v) is 3.69. The Kier molecular flexibility index (Phi) is 5.87. The van der Waals surface area contributed by atoms with E-state index in [1.807, 2.05) is 6.92 Å². The summed E-state index contributed by atoms with van der Waals surface area (Å²) in [6.45, 7) is 7.69.